The van der Waals surface area contributed by atoms with E-state index in [0.29, 0.717) is 0 Å². The van der Waals surface area contributed by atoms with Crippen molar-refractivity contribution in [3.8, 4) is 0 Å². The molecular weight excluding hydrogens is 199 g/mol. The van der Waals surface area contributed by atoms with Gasteiger partial charge in [0.1, 0.15) is 5.90 Å². The lowest BCUT2D eigenvalue weighted by atomic mass is 11.9. The summed E-state index contributed by atoms with van der Waals surface area (Å²) >= 11 is 9.88. The highest BCUT2D eigenvalue weighted by Crippen LogP contribution is 2.63. The number of hydrogen-bond acceptors (Lipinski definition) is 1. The molecule has 7 heteroatoms. The zero-order valence-corrected chi connectivity index (χ0v) is 6.82. The summed E-state index contributed by atoms with van der Waals surface area (Å²) in [6.45, 7) is -1.76. The Balaban J connectivity index is 3.56. The van der Waals surface area contributed by atoms with Gasteiger partial charge in [0.25, 0.3) is 0 Å². The van der Waals surface area contributed by atoms with Crippen LogP contribution in [0.5, 0.6) is 0 Å². The van der Waals surface area contributed by atoms with Crippen molar-refractivity contribution in [3.05, 3.63) is 0 Å². The molecule has 0 unspecified atom stereocenters. The molecule has 0 saturated heterocycles. The second-order valence-electron chi connectivity index (χ2n) is 1.01. The quantitative estimate of drug-likeness (QED) is 0.619. The van der Waals surface area contributed by atoms with Crippen LogP contribution < -0.4 is 0 Å². The average Bonchev–Trinajstić information content (AvgIpc) is 1.21. The second-order valence-corrected chi connectivity index (χ2v) is 6.86. The summed E-state index contributed by atoms with van der Waals surface area (Å²) < 4.78 is 32.3. The average molecular weight is 201 g/mol. The molecule has 0 N–H and O–H groups in total. The zero-order chi connectivity index (χ0) is 6.78. The van der Waals surface area contributed by atoms with Crippen molar-refractivity contribution in [1.82, 2.24) is 0 Å². The predicted octanol–water partition coefficient (Wildman–Crippen LogP) is 3.87. The van der Waals surface area contributed by atoms with Gasteiger partial charge in [0, 0.05) is 0 Å². The third-order valence-corrected chi connectivity index (χ3v) is 4.37. The lowest BCUT2D eigenvalue weighted by Crippen LogP contribution is -1.64. The number of halogens is 4. The normalized spacial score (nSPS) is 12.6. The van der Waals surface area contributed by atoms with Gasteiger partial charge in [-0.25, -0.2) is 4.57 Å². The van der Waals surface area contributed by atoms with E-state index in [9.17, 15) is 13.0 Å². The van der Waals surface area contributed by atoms with E-state index in [1.807, 2.05) is 0 Å². The molecule has 0 aliphatic rings. The Bertz CT molecular complexity index is 111. The summed E-state index contributed by atoms with van der Waals surface area (Å²) in [5.74, 6) is -0.856. The first-order chi connectivity index (χ1) is 3.42. The molecule has 0 aromatic rings. The molecular formula is CH2Cl2F2OP2. The van der Waals surface area contributed by atoms with Crippen LogP contribution in [-0.4, -0.2) is 5.90 Å². The molecule has 0 aromatic carbocycles. The molecule has 0 bridgehead atoms. The van der Waals surface area contributed by atoms with Crippen LogP contribution in [-0.2, 0) is 4.57 Å². The standard InChI is InChI=1S/CH2Cl2F2OP2/c2-7(3)1-8(4,5)6/h1H2. The fraction of sp³-hybridized carbons (Fsp3) is 1.00. The van der Waals surface area contributed by atoms with Crippen LogP contribution in [0.3, 0.4) is 0 Å². The highest BCUT2D eigenvalue weighted by molar-refractivity contribution is 8.07. The summed E-state index contributed by atoms with van der Waals surface area (Å²) in [5.41, 5.74) is 0. The molecule has 0 aliphatic carbocycles. The second kappa shape index (κ2) is 3.31. The van der Waals surface area contributed by atoms with Crippen molar-refractivity contribution in [2.75, 3.05) is 5.90 Å². The summed E-state index contributed by atoms with van der Waals surface area (Å²) in [6, 6.07) is 0. The lowest BCUT2D eigenvalue weighted by molar-refractivity contribution is 0.500. The minimum absolute atomic E-state index is 0.856. The molecule has 0 aliphatic heterocycles. The zero-order valence-electron chi connectivity index (χ0n) is 3.52. The molecule has 0 aromatic heterocycles. The first-order valence-electron chi connectivity index (χ1n) is 1.49. The summed E-state index contributed by atoms with van der Waals surface area (Å²) in [4.78, 5) is 0. The Hall–Kier alpha value is 1.10. The summed E-state index contributed by atoms with van der Waals surface area (Å²) in [6.07, 6.45) is 0. The maximum atomic E-state index is 11.4. The van der Waals surface area contributed by atoms with Gasteiger partial charge in [-0.2, -0.15) is 8.39 Å². The van der Waals surface area contributed by atoms with Gasteiger partial charge in [-0.05, 0) is 0 Å². The van der Waals surface area contributed by atoms with Crippen LogP contribution in [0.2, 0.25) is 0 Å². The Morgan fingerprint density at radius 1 is 1.50 bits per heavy atom. The van der Waals surface area contributed by atoms with Crippen molar-refractivity contribution in [3.63, 3.8) is 0 Å². The Morgan fingerprint density at radius 2 is 1.88 bits per heavy atom. The Kier molecular flexibility index (Phi) is 3.77. The predicted molar refractivity (Wildman–Crippen MR) is 33.3 cm³/mol. The van der Waals surface area contributed by atoms with Crippen molar-refractivity contribution < 1.29 is 13.0 Å². The minimum Gasteiger partial charge on any atom is -0.250 e. The molecule has 1 nitrogen and oxygen atoms in total. The molecule has 0 fully saturated rings. The maximum absolute atomic E-state index is 11.4. The molecule has 50 valence electrons. The van der Waals surface area contributed by atoms with E-state index in [-0.39, 0.29) is 0 Å². The molecule has 8 heavy (non-hydrogen) atoms. The van der Waals surface area contributed by atoms with E-state index in [0.717, 1.165) is 0 Å². The van der Waals surface area contributed by atoms with Crippen LogP contribution in [0.4, 0.5) is 8.39 Å². The van der Waals surface area contributed by atoms with Crippen LogP contribution in [0.25, 0.3) is 0 Å². The minimum atomic E-state index is -4.96. The van der Waals surface area contributed by atoms with E-state index in [2.05, 4.69) is 0 Å². The molecule has 0 heterocycles. The van der Waals surface area contributed by atoms with Crippen molar-refractivity contribution >= 4 is 36.9 Å². The topological polar surface area (TPSA) is 17.1 Å². The third kappa shape index (κ3) is 7.10. The van der Waals surface area contributed by atoms with Gasteiger partial charge in [0.2, 0.25) is 0 Å². The summed E-state index contributed by atoms with van der Waals surface area (Å²) in [7, 11) is -4.96. The largest absolute Gasteiger partial charge is 0.409 e. The van der Waals surface area contributed by atoms with Gasteiger partial charge in [-0.1, -0.05) is 22.5 Å². The fourth-order valence-electron chi connectivity index (χ4n) is 0.124. The van der Waals surface area contributed by atoms with Crippen LogP contribution >= 0.6 is 36.9 Å². The number of rotatable bonds is 2. The van der Waals surface area contributed by atoms with Gasteiger partial charge < -0.3 is 0 Å². The molecule has 0 atom stereocenters. The lowest BCUT2D eigenvalue weighted by Gasteiger charge is -1.95. The van der Waals surface area contributed by atoms with E-state index in [1.165, 1.54) is 0 Å². The van der Waals surface area contributed by atoms with E-state index >= 15 is 0 Å². The van der Waals surface area contributed by atoms with Crippen LogP contribution in [0.15, 0.2) is 0 Å². The fourth-order valence-corrected chi connectivity index (χ4v) is 3.36. The van der Waals surface area contributed by atoms with Crippen molar-refractivity contribution in [2.45, 2.75) is 0 Å². The smallest absolute Gasteiger partial charge is 0.250 e. The van der Waals surface area contributed by atoms with Gasteiger partial charge in [-0.3, -0.25) is 0 Å². The highest BCUT2D eigenvalue weighted by Gasteiger charge is 2.22. The van der Waals surface area contributed by atoms with Crippen LogP contribution in [0, 0.1) is 0 Å². The summed E-state index contributed by atoms with van der Waals surface area (Å²) in [5, 5.41) is 0. The third-order valence-electron chi connectivity index (χ3n) is 0.272. The van der Waals surface area contributed by atoms with Gasteiger partial charge >= 0.3 is 7.76 Å². The van der Waals surface area contributed by atoms with Crippen molar-refractivity contribution in [1.29, 1.82) is 0 Å². The van der Waals surface area contributed by atoms with Crippen molar-refractivity contribution in [2.24, 2.45) is 0 Å². The van der Waals surface area contributed by atoms with E-state index < -0.39 is 20.3 Å². The van der Waals surface area contributed by atoms with Crippen LogP contribution in [0.1, 0.15) is 0 Å². The molecule has 0 radical (unpaired) electrons. The van der Waals surface area contributed by atoms with Gasteiger partial charge in [0.05, 0.1) is 6.63 Å². The maximum Gasteiger partial charge on any atom is 0.409 e. The highest BCUT2D eigenvalue weighted by atomic mass is 35.9. The number of hydrogen-bond donors (Lipinski definition) is 0. The molecule has 0 amide bonds. The first kappa shape index (κ1) is 9.10. The molecule has 0 rings (SSSR count). The SMILES string of the molecule is O=P(F)(F)CP(Cl)Cl. The monoisotopic (exact) mass is 200 g/mol. The van der Waals surface area contributed by atoms with Gasteiger partial charge in [-0.15, -0.1) is 0 Å². The molecule has 0 saturated carbocycles. The Morgan fingerprint density at radius 3 is 1.88 bits per heavy atom. The molecule has 0 spiro atoms. The van der Waals surface area contributed by atoms with Gasteiger partial charge in [0.15, 0.2) is 0 Å². The van der Waals surface area contributed by atoms with E-state index in [4.69, 9.17) is 22.5 Å². The Labute approximate surface area is 56.3 Å². The van der Waals surface area contributed by atoms with E-state index in [1.54, 1.807) is 0 Å². The first-order valence-corrected chi connectivity index (χ1v) is 6.50.